The number of nitrogens with one attached hydrogen (secondary N) is 1. The lowest BCUT2D eigenvalue weighted by Gasteiger charge is -2.19. The molecule has 0 amide bonds. The molecule has 0 spiro atoms. The van der Waals surface area contributed by atoms with Gasteiger partial charge in [0.2, 0.25) is 10.0 Å². The van der Waals surface area contributed by atoms with E-state index in [0.717, 1.165) is 6.42 Å². The Labute approximate surface area is 62.7 Å². The van der Waals surface area contributed by atoms with Crippen LogP contribution in [0.25, 0.3) is 0 Å². The average Bonchev–Trinajstić information content (AvgIpc) is 1.60. The van der Waals surface area contributed by atoms with E-state index in [1.54, 1.807) is 0 Å². The van der Waals surface area contributed by atoms with Crippen molar-refractivity contribution < 1.29 is 8.42 Å². The van der Waals surface area contributed by atoms with Crippen LogP contribution in [0.4, 0.5) is 0 Å². The molecule has 0 atom stereocenters. The van der Waals surface area contributed by atoms with Crippen LogP contribution < -0.4 is 5.14 Å². The number of hydrogen-bond acceptors (Lipinski definition) is 2. The minimum atomic E-state index is -3.54. The molecule has 0 aliphatic rings. The van der Waals surface area contributed by atoms with E-state index in [0.29, 0.717) is 0 Å². The fraction of sp³-hybridized carbons (Fsp3) is 1.00. The van der Waals surface area contributed by atoms with E-state index in [-0.39, 0.29) is 11.2 Å². The second-order valence-corrected chi connectivity index (χ2v) is 4.80. The van der Waals surface area contributed by atoms with Crippen molar-refractivity contribution in [3.8, 4) is 0 Å². The maximum absolute atomic E-state index is 10.5. The van der Waals surface area contributed by atoms with E-state index in [4.69, 9.17) is 5.14 Å². The standard InChI is InChI=1S/C6H14NO2S/c1-4-6(2,3)5-10(7,8)9/h7H,4-5H2,1-3H3. The number of sulfonamides is 1. The zero-order valence-corrected chi connectivity index (χ0v) is 7.46. The minimum Gasteiger partial charge on any atom is -0.211 e. The van der Waals surface area contributed by atoms with Crippen molar-refractivity contribution in [1.29, 1.82) is 0 Å². The molecule has 3 nitrogen and oxygen atoms in total. The molecule has 0 aromatic rings. The molecule has 1 N–H and O–H groups in total. The second-order valence-electron chi connectivity index (χ2n) is 3.28. The second kappa shape index (κ2) is 2.88. The first kappa shape index (κ1) is 9.91. The third-order valence-electron chi connectivity index (χ3n) is 1.54. The van der Waals surface area contributed by atoms with Gasteiger partial charge < -0.3 is 0 Å². The first-order valence-corrected chi connectivity index (χ1v) is 4.89. The van der Waals surface area contributed by atoms with Gasteiger partial charge in [0.05, 0.1) is 5.75 Å². The molecule has 4 heteroatoms. The molecule has 0 aromatic heterocycles. The van der Waals surface area contributed by atoms with E-state index >= 15 is 0 Å². The Morgan fingerprint density at radius 2 is 1.80 bits per heavy atom. The molecular weight excluding hydrogens is 150 g/mol. The summed E-state index contributed by atoms with van der Waals surface area (Å²) in [6.45, 7) is 5.61. The molecule has 0 saturated heterocycles. The van der Waals surface area contributed by atoms with E-state index in [9.17, 15) is 8.42 Å². The van der Waals surface area contributed by atoms with Gasteiger partial charge in [-0.05, 0) is 11.8 Å². The van der Waals surface area contributed by atoms with Gasteiger partial charge in [-0.25, -0.2) is 8.42 Å². The maximum atomic E-state index is 10.5. The first-order chi connectivity index (χ1) is 4.27. The van der Waals surface area contributed by atoms with Gasteiger partial charge in [-0.15, -0.1) is 5.14 Å². The molecule has 1 radical (unpaired) electrons. The average molecular weight is 164 g/mol. The van der Waals surface area contributed by atoms with Crippen molar-refractivity contribution in [2.45, 2.75) is 27.2 Å². The van der Waals surface area contributed by atoms with E-state index in [1.165, 1.54) is 0 Å². The van der Waals surface area contributed by atoms with Crippen molar-refractivity contribution >= 4 is 10.0 Å². The van der Waals surface area contributed by atoms with Crippen molar-refractivity contribution in [3.63, 3.8) is 0 Å². The predicted octanol–water partition coefficient (Wildman–Crippen LogP) is 1.04. The molecule has 0 saturated carbocycles. The summed E-state index contributed by atoms with van der Waals surface area (Å²) >= 11 is 0. The Morgan fingerprint density at radius 1 is 1.40 bits per heavy atom. The van der Waals surface area contributed by atoms with Crippen LogP contribution in [-0.2, 0) is 10.0 Å². The van der Waals surface area contributed by atoms with Gasteiger partial charge in [-0.1, -0.05) is 20.8 Å². The Hall–Kier alpha value is -0.0900. The molecule has 0 heterocycles. The van der Waals surface area contributed by atoms with Crippen LogP contribution in [0.2, 0.25) is 0 Å². The number of hydrogen-bond donors (Lipinski definition) is 0. The van der Waals surface area contributed by atoms with E-state index in [2.05, 4.69) is 0 Å². The molecule has 0 aliphatic carbocycles. The molecule has 61 valence electrons. The Balaban J connectivity index is 4.16. The summed E-state index contributed by atoms with van der Waals surface area (Å²) in [5.41, 5.74) is -0.249. The highest BCUT2D eigenvalue weighted by Crippen LogP contribution is 2.20. The van der Waals surface area contributed by atoms with Gasteiger partial charge in [0.1, 0.15) is 0 Å². The summed E-state index contributed by atoms with van der Waals surface area (Å²) in [7, 11) is -3.54. The molecule has 10 heavy (non-hydrogen) atoms. The molecule has 0 aromatic carbocycles. The Morgan fingerprint density at radius 3 is 1.90 bits per heavy atom. The van der Waals surface area contributed by atoms with Gasteiger partial charge in [-0.3, -0.25) is 0 Å². The highest BCUT2D eigenvalue weighted by Gasteiger charge is 2.21. The normalized spacial score (nSPS) is 13.6. The lowest BCUT2D eigenvalue weighted by atomic mass is 9.93. The SMILES string of the molecule is CCC(C)(C)CS([NH])(=O)=O. The summed E-state index contributed by atoms with van der Waals surface area (Å²) < 4.78 is 20.9. The Bertz CT molecular complexity index is 194. The van der Waals surface area contributed by atoms with Crippen LogP contribution in [0, 0.1) is 5.41 Å². The molecule has 0 unspecified atom stereocenters. The number of rotatable bonds is 3. The third kappa shape index (κ3) is 4.76. The summed E-state index contributed by atoms with van der Waals surface area (Å²) in [5, 5.41) is 6.66. The maximum Gasteiger partial charge on any atom is 0.225 e. The van der Waals surface area contributed by atoms with Crippen LogP contribution in [0.3, 0.4) is 0 Å². The highest BCUT2D eigenvalue weighted by molar-refractivity contribution is 7.88. The zero-order valence-electron chi connectivity index (χ0n) is 6.64. The smallest absolute Gasteiger partial charge is 0.211 e. The van der Waals surface area contributed by atoms with Crippen LogP contribution in [0.15, 0.2) is 0 Å². The highest BCUT2D eigenvalue weighted by atomic mass is 32.2. The monoisotopic (exact) mass is 164 g/mol. The van der Waals surface area contributed by atoms with Gasteiger partial charge in [-0.2, -0.15) is 0 Å². The quantitative estimate of drug-likeness (QED) is 0.625. The van der Waals surface area contributed by atoms with Crippen molar-refractivity contribution in [2.24, 2.45) is 5.41 Å². The molecule has 0 aliphatic heterocycles. The third-order valence-corrected chi connectivity index (χ3v) is 2.70. The molecular formula is C6H14NO2S. The molecule has 0 fully saturated rings. The van der Waals surface area contributed by atoms with Gasteiger partial charge in [0, 0.05) is 0 Å². The Kier molecular flexibility index (Phi) is 2.86. The lowest BCUT2D eigenvalue weighted by Crippen LogP contribution is -2.23. The van der Waals surface area contributed by atoms with Crippen molar-refractivity contribution in [1.82, 2.24) is 5.14 Å². The van der Waals surface area contributed by atoms with E-state index in [1.807, 2.05) is 20.8 Å². The fourth-order valence-electron chi connectivity index (χ4n) is 0.616. The van der Waals surface area contributed by atoms with Crippen molar-refractivity contribution in [3.05, 3.63) is 0 Å². The van der Waals surface area contributed by atoms with Gasteiger partial charge in [0.25, 0.3) is 0 Å². The van der Waals surface area contributed by atoms with Gasteiger partial charge >= 0.3 is 0 Å². The fourth-order valence-corrected chi connectivity index (χ4v) is 1.85. The van der Waals surface area contributed by atoms with E-state index < -0.39 is 10.0 Å². The largest absolute Gasteiger partial charge is 0.225 e. The van der Waals surface area contributed by atoms with Crippen molar-refractivity contribution in [2.75, 3.05) is 5.75 Å². The molecule has 0 rings (SSSR count). The topological polar surface area (TPSA) is 57.9 Å². The predicted molar refractivity (Wildman–Crippen MR) is 41.0 cm³/mol. The van der Waals surface area contributed by atoms with Crippen LogP contribution in [0.5, 0.6) is 0 Å². The summed E-state index contributed by atoms with van der Waals surface area (Å²) in [6, 6.07) is 0. The van der Waals surface area contributed by atoms with Crippen LogP contribution in [-0.4, -0.2) is 14.2 Å². The summed E-state index contributed by atoms with van der Waals surface area (Å²) in [6.07, 6.45) is 0.783. The minimum absolute atomic E-state index is 0.0451. The van der Waals surface area contributed by atoms with Gasteiger partial charge in [0.15, 0.2) is 0 Å². The lowest BCUT2D eigenvalue weighted by molar-refractivity contribution is 0.396. The van der Waals surface area contributed by atoms with Crippen LogP contribution >= 0.6 is 0 Å². The first-order valence-electron chi connectivity index (χ1n) is 3.24. The zero-order chi connectivity index (χ0) is 8.41. The summed E-state index contributed by atoms with van der Waals surface area (Å²) in [5.74, 6) is -0.0451. The summed E-state index contributed by atoms with van der Waals surface area (Å²) in [4.78, 5) is 0. The molecule has 0 bridgehead atoms. The van der Waals surface area contributed by atoms with Crippen LogP contribution in [0.1, 0.15) is 27.2 Å².